The maximum atomic E-state index is 14.9. The summed E-state index contributed by atoms with van der Waals surface area (Å²) in [6.07, 6.45) is 8.33. The fourth-order valence-corrected chi connectivity index (χ4v) is 6.51. The molecule has 0 aromatic heterocycles. The summed E-state index contributed by atoms with van der Waals surface area (Å²) in [6.45, 7) is 4.13. The van der Waals surface area contributed by atoms with Crippen LogP contribution in [0.3, 0.4) is 0 Å². The molecule has 2 aromatic carbocycles. The summed E-state index contributed by atoms with van der Waals surface area (Å²) in [7, 11) is 0. The van der Waals surface area contributed by atoms with E-state index >= 15 is 0 Å². The molecule has 5 heteroatoms. The van der Waals surface area contributed by atoms with Crippen molar-refractivity contribution in [2.24, 2.45) is 11.8 Å². The van der Waals surface area contributed by atoms with Crippen LogP contribution in [0.4, 0.5) is 17.6 Å². The molecular weight excluding hydrogens is 476 g/mol. The molecule has 2 aliphatic rings. The third-order valence-corrected chi connectivity index (χ3v) is 8.96. The third kappa shape index (κ3) is 6.96. The van der Waals surface area contributed by atoms with E-state index in [-0.39, 0.29) is 24.5 Å². The van der Waals surface area contributed by atoms with E-state index in [1.807, 2.05) is 12.1 Å². The van der Waals surface area contributed by atoms with Crippen molar-refractivity contribution in [2.45, 2.75) is 109 Å². The predicted octanol–water partition coefficient (Wildman–Crippen LogP) is 10.0. The van der Waals surface area contributed by atoms with Crippen molar-refractivity contribution in [3.05, 3.63) is 70.3 Å². The molecule has 0 N–H and O–H groups in total. The monoisotopic (exact) mass is 518 g/mol. The zero-order chi connectivity index (χ0) is 26.4. The van der Waals surface area contributed by atoms with Crippen molar-refractivity contribution in [3.63, 3.8) is 0 Å². The number of ether oxygens (including phenoxy) is 1. The molecule has 37 heavy (non-hydrogen) atoms. The van der Waals surface area contributed by atoms with E-state index in [2.05, 4.69) is 26.0 Å². The van der Waals surface area contributed by atoms with Gasteiger partial charge in [-0.3, -0.25) is 0 Å². The minimum Gasteiger partial charge on any atom is -0.316 e. The van der Waals surface area contributed by atoms with Gasteiger partial charge in [0.2, 0.25) is 0 Å². The van der Waals surface area contributed by atoms with E-state index in [0.29, 0.717) is 11.8 Å². The molecule has 1 nitrogen and oxygen atoms in total. The molecule has 0 amide bonds. The number of rotatable bonds is 10. The Morgan fingerprint density at radius 2 is 1.38 bits per heavy atom. The summed E-state index contributed by atoms with van der Waals surface area (Å²) in [5.41, 5.74) is 1.39. The van der Waals surface area contributed by atoms with Crippen LogP contribution in [0.2, 0.25) is 0 Å². The van der Waals surface area contributed by atoms with Gasteiger partial charge in [-0.15, -0.1) is 0 Å². The van der Waals surface area contributed by atoms with Crippen molar-refractivity contribution in [1.82, 2.24) is 0 Å². The third-order valence-electron chi connectivity index (χ3n) is 8.96. The van der Waals surface area contributed by atoms with Gasteiger partial charge >= 0.3 is 6.11 Å². The van der Waals surface area contributed by atoms with Gasteiger partial charge in [0.05, 0.1) is 12.2 Å². The van der Waals surface area contributed by atoms with Crippen LogP contribution in [0.1, 0.15) is 119 Å². The molecule has 0 bridgehead atoms. The Morgan fingerprint density at radius 1 is 0.757 bits per heavy atom. The minimum absolute atomic E-state index is 0.115. The number of hydrogen-bond acceptors (Lipinski definition) is 1. The van der Waals surface area contributed by atoms with Gasteiger partial charge in [-0.2, -0.15) is 8.78 Å². The Kier molecular flexibility index (Phi) is 9.72. The quantitative estimate of drug-likeness (QED) is 0.284. The van der Waals surface area contributed by atoms with E-state index in [4.69, 9.17) is 4.74 Å². The molecule has 0 heterocycles. The van der Waals surface area contributed by atoms with Gasteiger partial charge in [0, 0.05) is 0 Å². The highest BCUT2D eigenvalue weighted by Crippen LogP contribution is 2.41. The Morgan fingerprint density at radius 3 is 2.00 bits per heavy atom. The highest BCUT2D eigenvalue weighted by atomic mass is 19.3. The van der Waals surface area contributed by atoms with Gasteiger partial charge < -0.3 is 4.74 Å². The lowest BCUT2D eigenvalue weighted by Gasteiger charge is -2.29. The average Bonchev–Trinajstić information content (AvgIpc) is 2.91. The summed E-state index contributed by atoms with van der Waals surface area (Å²) >= 11 is 0. The minimum atomic E-state index is -3.89. The zero-order valence-corrected chi connectivity index (χ0v) is 22.4. The van der Waals surface area contributed by atoms with Gasteiger partial charge in [0.15, 0.2) is 11.6 Å². The van der Waals surface area contributed by atoms with Crippen LogP contribution < -0.4 is 0 Å². The van der Waals surface area contributed by atoms with Crippen LogP contribution in [0.15, 0.2) is 36.4 Å². The van der Waals surface area contributed by atoms with Crippen LogP contribution >= 0.6 is 0 Å². The zero-order valence-electron chi connectivity index (χ0n) is 22.4. The largest absolute Gasteiger partial charge is 0.386 e. The first kappa shape index (κ1) is 28.1. The molecule has 204 valence electrons. The Bertz CT molecular complexity index is 987. The van der Waals surface area contributed by atoms with E-state index < -0.39 is 23.3 Å². The molecule has 0 aliphatic heterocycles. The smallest absolute Gasteiger partial charge is 0.316 e. The summed E-state index contributed by atoms with van der Waals surface area (Å²) in [6, 6.07) is 10.5. The topological polar surface area (TPSA) is 9.23 Å². The normalized spacial score (nSPS) is 24.8. The summed E-state index contributed by atoms with van der Waals surface area (Å²) in [4.78, 5) is 0. The molecule has 0 radical (unpaired) electrons. The van der Waals surface area contributed by atoms with Crippen molar-refractivity contribution >= 4 is 0 Å². The molecule has 2 aliphatic carbocycles. The van der Waals surface area contributed by atoms with Gasteiger partial charge in [0.25, 0.3) is 0 Å². The van der Waals surface area contributed by atoms with E-state index in [1.165, 1.54) is 43.7 Å². The van der Waals surface area contributed by atoms with Crippen LogP contribution in [0.25, 0.3) is 0 Å². The molecule has 2 aromatic rings. The van der Waals surface area contributed by atoms with Crippen molar-refractivity contribution < 1.29 is 22.3 Å². The van der Waals surface area contributed by atoms with Gasteiger partial charge in [-0.05, 0) is 104 Å². The first-order valence-corrected chi connectivity index (χ1v) is 14.4. The highest BCUT2D eigenvalue weighted by Gasteiger charge is 2.38. The van der Waals surface area contributed by atoms with Crippen molar-refractivity contribution in [2.75, 3.05) is 6.61 Å². The molecule has 2 saturated carbocycles. The van der Waals surface area contributed by atoms with Gasteiger partial charge in [-0.1, -0.05) is 63.4 Å². The second-order valence-corrected chi connectivity index (χ2v) is 11.3. The lowest BCUT2D eigenvalue weighted by Crippen LogP contribution is -2.23. The lowest BCUT2D eigenvalue weighted by molar-refractivity contribution is -0.249. The maximum Gasteiger partial charge on any atom is 0.386 e. The maximum absolute atomic E-state index is 14.9. The molecule has 0 unspecified atom stereocenters. The fourth-order valence-electron chi connectivity index (χ4n) is 6.51. The standard InChI is InChI=1S/C32H42F4O/c1-3-5-23-10-16-27(17-11-23)28-18-19-29(31(34)30(28)33)32(35,36)37-21-20-24-8-14-26(15-9-24)25-12-6-22(4-2)7-13-25/h8-9,14-15,18-19,22-23,25,27H,3-7,10-13,16-17,20-21H2,1-2H3. The van der Waals surface area contributed by atoms with Gasteiger partial charge in [-0.25, -0.2) is 8.78 Å². The molecular formula is C32H42F4O. The second kappa shape index (κ2) is 12.8. The number of halogens is 4. The first-order valence-electron chi connectivity index (χ1n) is 14.4. The SMILES string of the molecule is CCCC1CCC(c2ccc(C(F)(F)OCCc3ccc(C4CCC(CC)CC4)cc3)c(F)c2F)CC1. The van der Waals surface area contributed by atoms with Crippen molar-refractivity contribution in [3.8, 4) is 0 Å². The van der Waals surface area contributed by atoms with Crippen molar-refractivity contribution in [1.29, 1.82) is 0 Å². The van der Waals surface area contributed by atoms with E-state index in [0.717, 1.165) is 56.1 Å². The summed E-state index contributed by atoms with van der Waals surface area (Å²) in [5.74, 6) is -0.707. The predicted molar refractivity (Wildman–Crippen MR) is 141 cm³/mol. The molecule has 0 atom stereocenters. The van der Waals surface area contributed by atoms with Crippen LogP contribution in [0, 0.1) is 23.5 Å². The van der Waals surface area contributed by atoms with E-state index in [9.17, 15) is 17.6 Å². The molecule has 0 saturated heterocycles. The van der Waals surface area contributed by atoms with E-state index in [1.54, 1.807) is 0 Å². The second-order valence-electron chi connectivity index (χ2n) is 11.3. The van der Waals surface area contributed by atoms with Crippen LogP contribution in [-0.2, 0) is 17.3 Å². The number of alkyl halides is 2. The molecule has 2 fully saturated rings. The Balaban J connectivity index is 1.31. The Labute approximate surface area is 220 Å². The highest BCUT2D eigenvalue weighted by molar-refractivity contribution is 5.31. The Hall–Kier alpha value is -1.88. The lowest BCUT2D eigenvalue weighted by atomic mass is 9.77. The summed E-state index contributed by atoms with van der Waals surface area (Å²) in [5, 5.41) is 0. The summed E-state index contributed by atoms with van der Waals surface area (Å²) < 4.78 is 64.0. The molecule has 0 spiro atoms. The van der Waals surface area contributed by atoms with Crippen LogP contribution in [0.5, 0.6) is 0 Å². The number of hydrogen-bond donors (Lipinski definition) is 0. The first-order chi connectivity index (χ1) is 17.8. The number of benzene rings is 2. The van der Waals surface area contributed by atoms with Gasteiger partial charge in [0.1, 0.15) is 0 Å². The fraction of sp³-hybridized carbons (Fsp3) is 0.625. The van der Waals surface area contributed by atoms with Crippen LogP contribution in [-0.4, -0.2) is 6.61 Å². The average molecular weight is 519 g/mol. The molecule has 4 rings (SSSR count).